The highest BCUT2D eigenvalue weighted by molar-refractivity contribution is 5.78. The highest BCUT2D eigenvalue weighted by atomic mass is 16.5. The van der Waals surface area contributed by atoms with E-state index >= 15 is 0 Å². The number of nitrogens with zero attached hydrogens (tertiary/aromatic N) is 4. The Bertz CT molecular complexity index is 677. The Morgan fingerprint density at radius 2 is 1.83 bits per heavy atom. The molecule has 6 nitrogen and oxygen atoms in total. The Kier molecular flexibility index (Phi) is 4.93. The van der Waals surface area contributed by atoms with Crippen LogP contribution in [-0.2, 0) is 4.79 Å². The molecule has 0 spiro atoms. The van der Waals surface area contributed by atoms with Crippen LogP contribution in [0.25, 0.3) is 0 Å². The molecule has 0 atom stereocenters. The second-order valence-corrected chi connectivity index (χ2v) is 6.06. The molecule has 3 rings (SSSR count). The van der Waals surface area contributed by atoms with Crippen molar-refractivity contribution in [1.82, 2.24) is 15.1 Å². The summed E-state index contributed by atoms with van der Waals surface area (Å²) >= 11 is 0. The highest BCUT2D eigenvalue weighted by Crippen LogP contribution is 2.17. The predicted octanol–water partition coefficient (Wildman–Crippen LogP) is 1.82. The van der Waals surface area contributed by atoms with Crippen molar-refractivity contribution in [2.75, 3.05) is 37.7 Å². The summed E-state index contributed by atoms with van der Waals surface area (Å²) in [5, 5.41) is 8.01. The lowest BCUT2D eigenvalue weighted by molar-refractivity contribution is -0.133. The number of benzene rings is 1. The van der Waals surface area contributed by atoms with E-state index in [4.69, 9.17) is 4.74 Å². The molecule has 1 aliphatic heterocycles. The van der Waals surface area contributed by atoms with Crippen LogP contribution in [0, 0.1) is 13.8 Å². The van der Waals surface area contributed by atoms with Crippen molar-refractivity contribution in [3.05, 3.63) is 47.7 Å². The van der Waals surface area contributed by atoms with E-state index in [1.807, 2.05) is 43.0 Å². The first-order valence-electron chi connectivity index (χ1n) is 8.13. The molecule has 1 amide bonds. The number of carbonyl (C=O) groups is 1. The number of hydrogen-bond acceptors (Lipinski definition) is 5. The number of ether oxygens (including phenoxy) is 1. The first-order valence-corrected chi connectivity index (χ1v) is 8.13. The minimum atomic E-state index is 0.0213. The molecule has 2 aromatic rings. The van der Waals surface area contributed by atoms with Crippen LogP contribution in [-0.4, -0.2) is 53.8 Å². The van der Waals surface area contributed by atoms with Gasteiger partial charge in [-0.3, -0.25) is 4.79 Å². The number of anilines is 1. The molecule has 1 fully saturated rings. The monoisotopic (exact) mass is 326 g/mol. The number of aryl methyl sites for hydroxylation is 2. The van der Waals surface area contributed by atoms with Gasteiger partial charge in [-0.1, -0.05) is 6.07 Å². The van der Waals surface area contributed by atoms with Gasteiger partial charge < -0.3 is 14.5 Å². The van der Waals surface area contributed by atoms with Crippen molar-refractivity contribution in [3.63, 3.8) is 0 Å². The fourth-order valence-corrected chi connectivity index (χ4v) is 2.90. The van der Waals surface area contributed by atoms with Crippen LogP contribution in [0.4, 0.5) is 5.82 Å². The summed E-state index contributed by atoms with van der Waals surface area (Å²) in [7, 11) is 0. The molecule has 0 unspecified atom stereocenters. The quantitative estimate of drug-likeness (QED) is 0.858. The van der Waals surface area contributed by atoms with Crippen molar-refractivity contribution >= 4 is 11.7 Å². The van der Waals surface area contributed by atoms with Gasteiger partial charge in [0.2, 0.25) is 0 Å². The van der Waals surface area contributed by atoms with E-state index in [2.05, 4.69) is 21.2 Å². The average molecular weight is 326 g/mol. The van der Waals surface area contributed by atoms with Gasteiger partial charge in [0.15, 0.2) is 12.4 Å². The number of hydrogen-bond donors (Lipinski definition) is 0. The molecule has 1 aliphatic rings. The molecule has 2 heterocycles. The van der Waals surface area contributed by atoms with Gasteiger partial charge >= 0.3 is 0 Å². The minimum absolute atomic E-state index is 0.0213. The zero-order chi connectivity index (χ0) is 16.9. The molecule has 1 aromatic carbocycles. The van der Waals surface area contributed by atoms with Crippen LogP contribution in [0.15, 0.2) is 36.5 Å². The summed E-state index contributed by atoms with van der Waals surface area (Å²) in [6, 6.07) is 9.80. The molecule has 0 bridgehead atoms. The summed E-state index contributed by atoms with van der Waals surface area (Å²) in [4.78, 5) is 16.3. The number of carbonyl (C=O) groups excluding carboxylic acids is 1. The minimum Gasteiger partial charge on any atom is -0.484 e. The average Bonchev–Trinajstić information content (AvgIpc) is 2.60. The van der Waals surface area contributed by atoms with Crippen molar-refractivity contribution in [1.29, 1.82) is 0 Å². The van der Waals surface area contributed by atoms with E-state index in [0.29, 0.717) is 13.1 Å². The van der Waals surface area contributed by atoms with E-state index in [0.717, 1.165) is 35.8 Å². The Morgan fingerprint density at radius 3 is 2.46 bits per heavy atom. The Hall–Kier alpha value is -2.63. The maximum absolute atomic E-state index is 12.3. The number of amides is 1. The maximum Gasteiger partial charge on any atom is 0.260 e. The van der Waals surface area contributed by atoms with Crippen LogP contribution in [0.5, 0.6) is 5.75 Å². The van der Waals surface area contributed by atoms with Crippen LogP contribution in [0.3, 0.4) is 0 Å². The summed E-state index contributed by atoms with van der Waals surface area (Å²) in [6.45, 7) is 6.98. The van der Waals surface area contributed by atoms with Gasteiger partial charge in [0.1, 0.15) is 5.75 Å². The fraction of sp³-hybridized carbons (Fsp3) is 0.389. The molecule has 126 valence electrons. The Balaban J connectivity index is 1.50. The van der Waals surface area contributed by atoms with E-state index in [1.165, 1.54) is 0 Å². The van der Waals surface area contributed by atoms with Crippen LogP contribution in [0.2, 0.25) is 0 Å². The third-order valence-electron chi connectivity index (χ3n) is 4.07. The van der Waals surface area contributed by atoms with Crippen molar-refractivity contribution in [2.24, 2.45) is 0 Å². The van der Waals surface area contributed by atoms with Gasteiger partial charge in [0.05, 0.1) is 0 Å². The summed E-state index contributed by atoms with van der Waals surface area (Å²) in [5.41, 5.74) is 2.27. The van der Waals surface area contributed by atoms with Gasteiger partial charge in [0, 0.05) is 32.4 Å². The Labute approximate surface area is 142 Å². The molecule has 1 aromatic heterocycles. The summed E-state index contributed by atoms with van der Waals surface area (Å²) < 4.78 is 5.67. The first kappa shape index (κ1) is 16.2. The lowest BCUT2D eigenvalue weighted by atomic mass is 10.1. The molecule has 0 saturated carbocycles. The van der Waals surface area contributed by atoms with E-state index in [-0.39, 0.29) is 12.5 Å². The van der Waals surface area contributed by atoms with Gasteiger partial charge in [-0.25, -0.2) is 0 Å². The molecule has 6 heteroatoms. The molecular weight excluding hydrogens is 304 g/mol. The molecule has 1 saturated heterocycles. The zero-order valence-corrected chi connectivity index (χ0v) is 14.1. The van der Waals surface area contributed by atoms with Gasteiger partial charge in [0.25, 0.3) is 5.91 Å². The predicted molar refractivity (Wildman–Crippen MR) is 92.2 cm³/mol. The summed E-state index contributed by atoms with van der Waals surface area (Å²) in [5.74, 6) is 1.63. The SMILES string of the molecule is Cc1cc(C)cc(OCC(=O)N2CCN(c3cccnn3)CC2)c1. The van der Waals surface area contributed by atoms with Crippen LogP contribution in [0.1, 0.15) is 11.1 Å². The van der Waals surface area contributed by atoms with Crippen molar-refractivity contribution in [2.45, 2.75) is 13.8 Å². The van der Waals surface area contributed by atoms with E-state index in [1.54, 1.807) is 6.20 Å². The van der Waals surface area contributed by atoms with Crippen LogP contribution < -0.4 is 9.64 Å². The molecular formula is C18H22N4O2. The highest BCUT2D eigenvalue weighted by Gasteiger charge is 2.22. The molecule has 0 N–H and O–H groups in total. The standard InChI is InChI=1S/C18H22N4O2/c1-14-10-15(2)12-16(11-14)24-13-18(23)22-8-6-21(7-9-22)17-4-3-5-19-20-17/h3-5,10-12H,6-9,13H2,1-2H3. The molecule has 0 radical (unpaired) electrons. The lowest BCUT2D eigenvalue weighted by Gasteiger charge is -2.35. The number of rotatable bonds is 4. The molecule has 24 heavy (non-hydrogen) atoms. The van der Waals surface area contributed by atoms with E-state index < -0.39 is 0 Å². The zero-order valence-electron chi connectivity index (χ0n) is 14.1. The third kappa shape index (κ3) is 4.01. The smallest absolute Gasteiger partial charge is 0.260 e. The fourth-order valence-electron chi connectivity index (χ4n) is 2.90. The van der Waals surface area contributed by atoms with Crippen molar-refractivity contribution in [3.8, 4) is 5.75 Å². The van der Waals surface area contributed by atoms with Crippen molar-refractivity contribution < 1.29 is 9.53 Å². The lowest BCUT2D eigenvalue weighted by Crippen LogP contribution is -2.50. The number of piperazine rings is 1. The second-order valence-electron chi connectivity index (χ2n) is 6.06. The second kappa shape index (κ2) is 7.29. The van der Waals surface area contributed by atoms with Gasteiger partial charge in [-0.15, -0.1) is 5.10 Å². The normalized spacial score (nSPS) is 14.6. The maximum atomic E-state index is 12.3. The number of aromatic nitrogens is 2. The third-order valence-corrected chi connectivity index (χ3v) is 4.07. The largest absolute Gasteiger partial charge is 0.484 e. The topological polar surface area (TPSA) is 58.6 Å². The first-order chi connectivity index (χ1) is 11.6. The van der Waals surface area contributed by atoms with E-state index in [9.17, 15) is 4.79 Å². The Morgan fingerprint density at radius 1 is 1.12 bits per heavy atom. The summed E-state index contributed by atoms with van der Waals surface area (Å²) in [6.07, 6.45) is 1.66. The molecule has 0 aliphatic carbocycles. The van der Waals surface area contributed by atoms with Gasteiger partial charge in [-0.2, -0.15) is 5.10 Å². The van der Waals surface area contributed by atoms with Crippen LogP contribution >= 0.6 is 0 Å². The van der Waals surface area contributed by atoms with Gasteiger partial charge in [-0.05, 0) is 49.2 Å².